The zero-order valence-corrected chi connectivity index (χ0v) is 20.9. The van der Waals surface area contributed by atoms with Crippen LogP contribution in [0.3, 0.4) is 0 Å². The van der Waals surface area contributed by atoms with Crippen LogP contribution in [-0.4, -0.2) is 56.6 Å². The fourth-order valence-electron chi connectivity index (χ4n) is 4.21. The van der Waals surface area contributed by atoms with Crippen LogP contribution in [0.2, 0.25) is 5.02 Å². The molecule has 4 rings (SSSR count). The molecular weight excluding hydrogens is 456 g/mol. The first-order chi connectivity index (χ1) is 16.3. The van der Waals surface area contributed by atoms with E-state index in [1.165, 1.54) is 0 Å². The summed E-state index contributed by atoms with van der Waals surface area (Å²) < 4.78 is 17.4. The maximum absolute atomic E-state index is 13.7. The third kappa shape index (κ3) is 4.26. The Morgan fingerprint density at radius 3 is 2.59 bits per heavy atom. The molecule has 1 aliphatic heterocycles. The number of hydrogen-bond acceptors (Lipinski definition) is 6. The molecule has 0 saturated heterocycles. The van der Waals surface area contributed by atoms with Crippen molar-refractivity contribution in [3.63, 3.8) is 0 Å². The fraction of sp³-hybridized carbons (Fsp3) is 0.385. The van der Waals surface area contributed by atoms with Gasteiger partial charge >= 0.3 is 0 Å². The van der Waals surface area contributed by atoms with E-state index >= 15 is 0 Å². The standard InChI is InChI=1S/C26H29ClN2O5/c1-6-11-33-19-8-7-16(13-21(19)32-5)23-22-24(30)17-14-18(27)15(2)12-20(17)34-25(22)26(31)29(23)10-9-28(3)4/h7-8,12-14,23H,6,9-11H2,1-5H3. The molecular formula is C26H29ClN2O5. The molecule has 1 unspecified atom stereocenters. The number of halogens is 1. The second-order valence-electron chi connectivity index (χ2n) is 8.73. The Morgan fingerprint density at radius 2 is 1.91 bits per heavy atom. The van der Waals surface area contributed by atoms with Crippen molar-refractivity contribution in [1.29, 1.82) is 0 Å². The van der Waals surface area contributed by atoms with Gasteiger partial charge in [-0.15, -0.1) is 0 Å². The van der Waals surface area contributed by atoms with Crippen molar-refractivity contribution in [2.45, 2.75) is 26.3 Å². The van der Waals surface area contributed by atoms with Crippen molar-refractivity contribution in [2.75, 3.05) is 40.9 Å². The molecule has 7 nitrogen and oxygen atoms in total. The number of ether oxygens (including phenoxy) is 2. The molecule has 0 saturated carbocycles. The highest BCUT2D eigenvalue weighted by Crippen LogP contribution is 2.41. The highest BCUT2D eigenvalue weighted by Gasteiger charge is 2.42. The van der Waals surface area contributed by atoms with E-state index in [1.807, 2.05) is 51.0 Å². The van der Waals surface area contributed by atoms with Crippen LogP contribution in [0.1, 0.15) is 46.6 Å². The number of nitrogens with zero attached hydrogens (tertiary/aromatic N) is 2. The molecule has 34 heavy (non-hydrogen) atoms. The van der Waals surface area contributed by atoms with Crippen LogP contribution in [0.15, 0.2) is 39.5 Å². The lowest BCUT2D eigenvalue weighted by molar-refractivity contribution is 0.0716. The van der Waals surface area contributed by atoms with Gasteiger partial charge in [0.05, 0.1) is 30.7 Å². The van der Waals surface area contributed by atoms with Crippen molar-refractivity contribution >= 4 is 28.5 Å². The SMILES string of the molecule is CCCOc1ccc(C2c3c(oc4cc(C)c(Cl)cc4c3=O)C(=O)N2CCN(C)C)cc1OC. The number of likely N-dealkylation sites (N-methyl/N-ethyl adjacent to an activating group) is 1. The molecule has 1 atom stereocenters. The molecule has 1 amide bonds. The second-order valence-corrected chi connectivity index (χ2v) is 9.14. The van der Waals surface area contributed by atoms with Gasteiger partial charge < -0.3 is 23.7 Å². The summed E-state index contributed by atoms with van der Waals surface area (Å²) in [6.45, 7) is 5.47. The summed E-state index contributed by atoms with van der Waals surface area (Å²) >= 11 is 6.31. The first-order valence-electron chi connectivity index (χ1n) is 11.3. The first kappa shape index (κ1) is 24.1. The average molecular weight is 485 g/mol. The number of amides is 1. The summed E-state index contributed by atoms with van der Waals surface area (Å²) in [5, 5.41) is 0.834. The van der Waals surface area contributed by atoms with Gasteiger partial charge in [0.1, 0.15) is 5.58 Å². The third-order valence-electron chi connectivity index (χ3n) is 6.00. The molecule has 2 aromatic carbocycles. The van der Waals surface area contributed by atoms with Crippen molar-refractivity contribution in [1.82, 2.24) is 9.80 Å². The van der Waals surface area contributed by atoms with Crippen molar-refractivity contribution in [3.8, 4) is 11.5 Å². The van der Waals surface area contributed by atoms with Gasteiger partial charge in [-0.1, -0.05) is 24.6 Å². The Hall–Kier alpha value is -3.03. The topological polar surface area (TPSA) is 72.2 Å². The van der Waals surface area contributed by atoms with Crippen molar-refractivity contribution in [3.05, 3.63) is 68.0 Å². The number of aryl methyl sites for hydroxylation is 1. The molecule has 1 aromatic heterocycles. The van der Waals surface area contributed by atoms with E-state index in [4.69, 9.17) is 25.5 Å². The van der Waals surface area contributed by atoms with Crippen LogP contribution >= 0.6 is 11.6 Å². The quantitative estimate of drug-likeness (QED) is 0.463. The fourth-order valence-corrected chi connectivity index (χ4v) is 4.37. The minimum Gasteiger partial charge on any atom is -0.493 e. The molecule has 0 spiro atoms. The maximum atomic E-state index is 13.7. The smallest absolute Gasteiger partial charge is 0.290 e. The molecule has 0 aliphatic carbocycles. The summed E-state index contributed by atoms with van der Waals surface area (Å²) in [7, 11) is 5.45. The Morgan fingerprint density at radius 1 is 1.15 bits per heavy atom. The predicted molar refractivity (Wildman–Crippen MR) is 132 cm³/mol. The predicted octanol–water partition coefficient (Wildman–Crippen LogP) is 4.66. The van der Waals surface area contributed by atoms with Gasteiger partial charge in [0.2, 0.25) is 5.76 Å². The zero-order chi connectivity index (χ0) is 24.6. The van der Waals surface area contributed by atoms with Gasteiger partial charge in [-0.3, -0.25) is 9.59 Å². The van der Waals surface area contributed by atoms with E-state index in [2.05, 4.69) is 0 Å². The molecule has 8 heteroatoms. The lowest BCUT2D eigenvalue weighted by Crippen LogP contribution is -2.35. The van der Waals surface area contributed by atoms with Gasteiger partial charge in [0.25, 0.3) is 5.91 Å². The van der Waals surface area contributed by atoms with Gasteiger partial charge in [0.15, 0.2) is 16.9 Å². The lowest BCUT2D eigenvalue weighted by atomic mass is 9.97. The molecule has 180 valence electrons. The normalized spacial score (nSPS) is 15.3. The number of hydrogen-bond donors (Lipinski definition) is 0. The largest absolute Gasteiger partial charge is 0.493 e. The Balaban J connectivity index is 1.91. The third-order valence-corrected chi connectivity index (χ3v) is 6.41. The monoisotopic (exact) mass is 484 g/mol. The van der Waals surface area contributed by atoms with Crippen LogP contribution in [0.25, 0.3) is 11.0 Å². The summed E-state index contributed by atoms with van der Waals surface area (Å²) in [4.78, 5) is 30.9. The summed E-state index contributed by atoms with van der Waals surface area (Å²) in [6.07, 6.45) is 0.865. The Bertz CT molecular complexity index is 1300. The van der Waals surface area contributed by atoms with Crippen LogP contribution in [0, 0.1) is 6.92 Å². The zero-order valence-electron chi connectivity index (χ0n) is 20.1. The average Bonchev–Trinajstić information content (AvgIpc) is 3.09. The van der Waals surface area contributed by atoms with Crippen molar-refractivity contribution in [2.24, 2.45) is 0 Å². The van der Waals surface area contributed by atoms with Gasteiger partial charge in [0, 0.05) is 18.1 Å². The highest BCUT2D eigenvalue weighted by atomic mass is 35.5. The molecule has 0 N–H and O–H groups in total. The Labute approximate surface area is 203 Å². The summed E-state index contributed by atoms with van der Waals surface area (Å²) in [5.41, 5.74) is 1.94. The van der Waals surface area contributed by atoms with E-state index in [1.54, 1.807) is 24.1 Å². The van der Waals surface area contributed by atoms with Crippen LogP contribution in [-0.2, 0) is 0 Å². The number of fused-ring (bicyclic) bond motifs is 2. The van der Waals surface area contributed by atoms with Gasteiger partial charge in [-0.25, -0.2) is 0 Å². The summed E-state index contributed by atoms with van der Waals surface area (Å²) in [5.74, 6) is 0.931. The minimum atomic E-state index is -0.614. The summed E-state index contributed by atoms with van der Waals surface area (Å²) in [6, 6.07) is 8.22. The van der Waals surface area contributed by atoms with Crippen LogP contribution in [0.5, 0.6) is 11.5 Å². The molecule has 0 radical (unpaired) electrons. The molecule has 0 bridgehead atoms. The maximum Gasteiger partial charge on any atom is 0.290 e. The Kier molecular flexibility index (Phi) is 6.86. The first-order valence-corrected chi connectivity index (χ1v) is 11.7. The number of benzene rings is 2. The number of carbonyl (C=O) groups excluding carboxylic acids is 1. The molecule has 0 fully saturated rings. The van der Waals surface area contributed by atoms with E-state index in [9.17, 15) is 9.59 Å². The number of methoxy groups -OCH3 is 1. The molecule has 1 aliphatic rings. The number of rotatable bonds is 8. The minimum absolute atomic E-state index is 0.0771. The van der Waals surface area contributed by atoms with E-state index in [0.29, 0.717) is 52.8 Å². The molecule has 2 heterocycles. The molecule has 3 aromatic rings. The number of carbonyl (C=O) groups is 1. The van der Waals surface area contributed by atoms with Gasteiger partial charge in [-0.05, 0) is 62.8 Å². The second kappa shape index (κ2) is 9.68. The van der Waals surface area contributed by atoms with Crippen LogP contribution in [0.4, 0.5) is 0 Å². The van der Waals surface area contributed by atoms with E-state index < -0.39 is 6.04 Å². The lowest BCUT2D eigenvalue weighted by Gasteiger charge is -2.27. The highest BCUT2D eigenvalue weighted by molar-refractivity contribution is 6.32. The van der Waals surface area contributed by atoms with Crippen molar-refractivity contribution < 1.29 is 18.7 Å². The van der Waals surface area contributed by atoms with E-state index in [-0.39, 0.29) is 17.1 Å². The van der Waals surface area contributed by atoms with Crippen LogP contribution < -0.4 is 14.9 Å². The van der Waals surface area contributed by atoms with E-state index in [0.717, 1.165) is 17.5 Å². The van der Waals surface area contributed by atoms with Gasteiger partial charge in [-0.2, -0.15) is 0 Å².